The average Bonchev–Trinajstić information content (AvgIpc) is 2.27. The summed E-state index contributed by atoms with van der Waals surface area (Å²) >= 11 is 6.14. The highest BCUT2D eigenvalue weighted by Crippen LogP contribution is 2.26. The minimum absolute atomic E-state index is 0.137. The van der Waals surface area contributed by atoms with Crippen LogP contribution in [0.25, 0.3) is 0 Å². The number of hydrogen-bond acceptors (Lipinski definition) is 3. The van der Waals surface area contributed by atoms with Crippen LogP contribution >= 0.6 is 11.6 Å². The number of hydrogen-bond donors (Lipinski definition) is 1. The van der Waals surface area contributed by atoms with Gasteiger partial charge in [0, 0.05) is 20.2 Å². The summed E-state index contributed by atoms with van der Waals surface area (Å²) in [6, 6.07) is 5.86. The molecule has 1 N–H and O–H groups in total. The van der Waals surface area contributed by atoms with Crippen molar-refractivity contribution in [3.63, 3.8) is 0 Å². The normalized spacial score (nSPS) is 10.9. The van der Waals surface area contributed by atoms with Gasteiger partial charge in [-0.25, -0.2) is 0 Å². The third kappa shape index (κ3) is 5.39. The molecule has 0 atom stereocenters. The molecule has 0 amide bonds. The van der Waals surface area contributed by atoms with Gasteiger partial charge in [0.2, 0.25) is 0 Å². The number of rotatable bonds is 7. The van der Waals surface area contributed by atoms with E-state index in [4.69, 9.17) is 21.1 Å². The maximum absolute atomic E-state index is 6.14. The van der Waals surface area contributed by atoms with Gasteiger partial charge < -0.3 is 14.8 Å². The third-order valence-corrected chi connectivity index (χ3v) is 2.47. The first-order valence-electron chi connectivity index (χ1n) is 5.78. The van der Waals surface area contributed by atoms with Gasteiger partial charge in [-0.15, -0.1) is 0 Å². The first kappa shape index (κ1) is 14.3. The lowest BCUT2D eigenvalue weighted by molar-refractivity contribution is 0.199. The Labute approximate surface area is 108 Å². The van der Waals surface area contributed by atoms with Crippen LogP contribution in [0.3, 0.4) is 0 Å². The van der Waals surface area contributed by atoms with E-state index in [-0.39, 0.29) is 6.10 Å². The van der Waals surface area contributed by atoms with E-state index in [2.05, 4.69) is 5.32 Å². The monoisotopic (exact) mass is 257 g/mol. The molecule has 4 heteroatoms. The van der Waals surface area contributed by atoms with Gasteiger partial charge in [0.1, 0.15) is 5.75 Å². The summed E-state index contributed by atoms with van der Waals surface area (Å²) in [6.07, 6.45) is 0.137. The second kappa shape index (κ2) is 7.54. The van der Waals surface area contributed by atoms with Crippen molar-refractivity contribution in [3.05, 3.63) is 28.8 Å². The van der Waals surface area contributed by atoms with Gasteiger partial charge >= 0.3 is 0 Å². The van der Waals surface area contributed by atoms with Gasteiger partial charge in [-0.05, 0) is 31.5 Å². The van der Waals surface area contributed by atoms with E-state index in [1.54, 1.807) is 7.11 Å². The zero-order valence-corrected chi connectivity index (χ0v) is 11.4. The first-order chi connectivity index (χ1) is 8.13. The zero-order valence-electron chi connectivity index (χ0n) is 10.6. The van der Waals surface area contributed by atoms with Crippen LogP contribution in [0.5, 0.6) is 5.75 Å². The fourth-order valence-electron chi connectivity index (χ4n) is 1.41. The van der Waals surface area contributed by atoms with E-state index in [0.29, 0.717) is 11.6 Å². The van der Waals surface area contributed by atoms with Crippen molar-refractivity contribution in [3.8, 4) is 5.75 Å². The number of ether oxygens (including phenoxy) is 2. The van der Waals surface area contributed by atoms with Crippen LogP contribution in [-0.2, 0) is 11.3 Å². The summed E-state index contributed by atoms with van der Waals surface area (Å²) in [4.78, 5) is 0. The molecular weight excluding hydrogens is 238 g/mol. The van der Waals surface area contributed by atoms with Crippen LogP contribution in [0.1, 0.15) is 19.4 Å². The molecule has 0 fully saturated rings. The van der Waals surface area contributed by atoms with E-state index in [9.17, 15) is 0 Å². The second-order valence-corrected chi connectivity index (χ2v) is 4.51. The maximum atomic E-state index is 6.14. The number of methoxy groups -OCH3 is 1. The maximum Gasteiger partial charge on any atom is 0.138 e. The van der Waals surface area contributed by atoms with Crippen molar-refractivity contribution < 1.29 is 9.47 Å². The van der Waals surface area contributed by atoms with Crippen molar-refractivity contribution >= 4 is 11.6 Å². The Morgan fingerprint density at radius 3 is 2.71 bits per heavy atom. The minimum atomic E-state index is 0.137. The largest absolute Gasteiger partial charge is 0.489 e. The molecule has 17 heavy (non-hydrogen) atoms. The fourth-order valence-corrected chi connectivity index (χ4v) is 1.66. The molecule has 0 radical (unpaired) electrons. The molecule has 96 valence electrons. The molecule has 0 spiro atoms. The first-order valence-corrected chi connectivity index (χ1v) is 6.16. The van der Waals surface area contributed by atoms with E-state index in [1.165, 1.54) is 0 Å². The van der Waals surface area contributed by atoms with Crippen LogP contribution in [0.15, 0.2) is 18.2 Å². The van der Waals surface area contributed by atoms with Crippen molar-refractivity contribution in [2.75, 3.05) is 20.3 Å². The van der Waals surface area contributed by atoms with Gasteiger partial charge in [-0.3, -0.25) is 0 Å². The molecular formula is C13H20ClNO2. The predicted molar refractivity (Wildman–Crippen MR) is 70.8 cm³/mol. The van der Waals surface area contributed by atoms with Crippen LogP contribution in [-0.4, -0.2) is 26.4 Å². The number of nitrogens with one attached hydrogen (secondary N) is 1. The van der Waals surface area contributed by atoms with Crippen molar-refractivity contribution in [1.29, 1.82) is 0 Å². The average molecular weight is 258 g/mol. The number of halogens is 1. The van der Waals surface area contributed by atoms with Gasteiger partial charge in [-0.2, -0.15) is 0 Å². The van der Waals surface area contributed by atoms with Gasteiger partial charge in [0.15, 0.2) is 0 Å². The Bertz CT molecular complexity index is 342. The molecule has 1 rings (SSSR count). The predicted octanol–water partition coefficient (Wildman–Crippen LogP) is 2.86. The van der Waals surface area contributed by atoms with E-state index in [0.717, 1.165) is 24.4 Å². The Morgan fingerprint density at radius 1 is 1.35 bits per heavy atom. The molecule has 0 aliphatic rings. The third-order valence-electron chi connectivity index (χ3n) is 2.17. The summed E-state index contributed by atoms with van der Waals surface area (Å²) in [6.45, 7) is 6.29. The zero-order chi connectivity index (χ0) is 12.7. The van der Waals surface area contributed by atoms with Crippen LogP contribution in [0.4, 0.5) is 0 Å². The van der Waals surface area contributed by atoms with Crippen LogP contribution in [0.2, 0.25) is 5.02 Å². The molecule has 0 aliphatic carbocycles. The Kier molecular flexibility index (Phi) is 6.34. The molecule has 1 aromatic rings. The fraction of sp³-hybridized carbons (Fsp3) is 0.538. The standard InChI is InChI=1S/C13H20ClNO2/c1-10(2)17-13-5-4-11(8-12(13)14)9-15-6-7-16-3/h4-5,8,10,15H,6-7,9H2,1-3H3. The van der Waals surface area contributed by atoms with Crippen LogP contribution < -0.4 is 10.1 Å². The van der Waals surface area contributed by atoms with Gasteiger partial charge in [0.05, 0.1) is 17.7 Å². The summed E-state index contributed by atoms with van der Waals surface area (Å²) < 4.78 is 10.5. The summed E-state index contributed by atoms with van der Waals surface area (Å²) in [7, 11) is 1.69. The summed E-state index contributed by atoms with van der Waals surface area (Å²) in [5.74, 6) is 0.738. The molecule has 3 nitrogen and oxygen atoms in total. The molecule has 0 aromatic heterocycles. The highest BCUT2D eigenvalue weighted by atomic mass is 35.5. The lowest BCUT2D eigenvalue weighted by Crippen LogP contribution is -2.18. The smallest absolute Gasteiger partial charge is 0.138 e. The topological polar surface area (TPSA) is 30.5 Å². The Hall–Kier alpha value is -0.770. The molecule has 0 bridgehead atoms. The van der Waals surface area contributed by atoms with E-state index < -0.39 is 0 Å². The van der Waals surface area contributed by atoms with E-state index in [1.807, 2.05) is 32.0 Å². The molecule has 0 aliphatic heterocycles. The second-order valence-electron chi connectivity index (χ2n) is 4.10. The molecule has 0 saturated carbocycles. The molecule has 0 unspecified atom stereocenters. The molecule has 1 aromatic carbocycles. The Morgan fingerprint density at radius 2 is 2.12 bits per heavy atom. The van der Waals surface area contributed by atoms with E-state index >= 15 is 0 Å². The highest BCUT2D eigenvalue weighted by Gasteiger charge is 2.04. The Balaban J connectivity index is 2.50. The lowest BCUT2D eigenvalue weighted by Gasteiger charge is -2.12. The SMILES string of the molecule is COCCNCc1ccc(OC(C)C)c(Cl)c1. The highest BCUT2D eigenvalue weighted by molar-refractivity contribution is 6.32. The van der Waals surface area contributed by atoms with Crippen molar-refractivity contribution in [1.82, 2.24) is 5.32 Å². The lowest BCUT2D eigenvalue weighted by atomic mass is 10.2. The number of benzene rings is 1. The van der Waals surface area contributed by atoms with Crippen molar-refractivity contribution in [2.24, 2.45) is 0 Å². The van der Waals surface area contributed by atoms with Gasteiger partial charge in [0.25, 0.3) is 0 Å². The van der Waals surface area contributed by atoms with Gasteiger partial charge in [-0.1, -0.05) is 17.7 Å². The van der Waals surface area contributed by atoms with Crippen LogP contribution in [0, 0.1) is 0 Å². The minimum Gasteiger partial charge on any atom is -0.489 e. The quantitative estimate of drug-likeness (QED) is 0.762. The summed E-state index contributed by atoms with van der Waals surface area (Å²) in [5, 5.41) is 3.92. The summed E-state index contributed by atoms with van der Waals surface area (Å²) in [5.41, 5.74) is 1.14. The molecule has 0 saturated heterocycles. The van der Waals surface area contributed by atoms with Crippen molar-refractivity contribution in [2.45, 2.75) is 26.5 Å². The molecule has 0 heterocycles.